The number of hydrogen-bond donors (Lipinski definition) is 0. The van der Waals surface area contributed by atoms with Crippen LogP contribution in [-0.2, 0) is 0 Å². The second kappa shape index (κ2) is 4.43. The first-order chi connectivity index (χ1) is 7.77. The summed E-state index contributed by atoms with van der Waals surface area (Å²) < 4.78 is 1.14. The van der Waals surface area contributed by atoms with Gasteiger partial charge in [-0.3, -0.25) is 4.98 Å². The van der Waals surface area contributed by atoms with Crippen molar-refractivity contribution in [2.75, 3.05) is 0 Å². The molecule has 86 valence electrons. The fraction of sp³-hybridized carbons (Fsp3) is 0.0714. The van der Waals surface area contributed by atoms with Crippen molar-refractivity contribution in [3.63, 3.8) is 0 Å². The quantitative estimate of drug-likeness (QED) is 0.583. The highest BCUT2D eigenvalue weighted by Gasteiger charge is 2.06. The number of hydrogen-bond acceptors (Lipinski definition) is 1. The topological polar surface area (TPSA) is 44.4 Å². The summed E-state index contributed by atoms with van der Waals surface area (Å²) in [6.07, 6.45) is 1.94. The minimum atomic E-state index is 0. The Labute approximate surface area is 108 Å². The van der Waals surface area contributed by atoms with Crippen LogP contribution in [0.4, 0.5) is 0 Å². The normalized spacial score (nSPS) is 10.5. The van der Waals surface area contributed by atoms with Crippen LogP contribution in [0.25, 0.3) is 21.7 Å². The molecule has 2 nitrogen and oxygen atoms in total. The van der Waals surface area contributed by atoms with Crippen molar-refractivity contribution in [1.82, 2.24) is 4.98 Å². The summed E-state index contributed by atoms with van der Waals surface area (Å²) in [4.78, 5) is 4.49. The lowest BCUT2D eigenvalue weighted by Gasteiger charge is -2.07. The number of fused-ring (bicyclic) bond motifs is 3. The highest BCUT2D eigenvalue weighted by molar-refractivity contribution is 9.10. The SMILES string of the molecule is Cc1c(Br)ccc2ncc3ccccc3c12.O. The number of aromatic nitrogens is 1. The van der Waals surface area contributed by atoms with Crippen LogP contribution in [0.15, 0.2) is 47.1 Å². The summed E-state index contributed by atoms with van der Waals surface area (Å²) in [7, 11) is 0. The molecule has 2 aromatic carbocycles. The molecule has 3 rings (SSSR count). The van der Waals surface area contributed by atoms with Crippen molar-refractivity contribution >= 4 is 37.6 Å². The fourth-order valence-corrected chi connectivity index (χ4v) is 2.43. The maximum Gasteiger partial charge on any atom is 0.0711 e. The van der Waals surface area contributed by atoms with Crippen LogP contribution >= 0.6 is 15.9 Å². The number of rotatable bonds is 0. The van der Waals surface area contributed by atoms with E-state index in [1.54, 1.807) is 0 Å². The molecule has 0 amide bonds. The van der Waals surface area contributed by atoms with Crippen LogP contribution < -0.4 is 0 Å². The van der Waals surface area contributed by atoms with Crippen molar-refractivity contribution < 1.29 is 5.48 Å². The number of pyridine rings is 1. The van der Waals surface area contributed by atoms with E-state index in [1.807, 2.05) is 12.3 Å². The molecule has 0 aliphatic carbocycles. The van der Waals surface area contributed by atoms with E-state index in [9.17, 15) is 0 Å². The molecule has 3 aromatic rings. The molecule has 0 aliphatic rings. The number of nitrogens with zero attached hydrogens (tertiary/aromatic N) is 1. The molecule has 3 heteroatoms. The van der Waals surface area contributed by atoms with Gasteiger partial charge in [0.15, 0.2) is 0 Å². The van der Waals surface area contributed by atoms with E-state index in [1.165, 1.54) is 21.7 Å². The molecule has 1 aromatic heterocycles. The zero-order valence-electron chi connectivity index (χ0n) is 9.37. The van der Waals surface area contributed by atoms with Crippen molar-refractivity contribution in [3.05, 3.63) is 52.6 Å². The highest BCUT2D eigenvalue weighted by atomic mass is 79.9. The summed E-state index contributed by atoms with van der Waals surface area (Å²) in [5, 5.41) is 3.70. The lowest BCUT2D eigenvalue weighted by molar-refractivity contribution is 0.824. The second-order valence-electron chi connectivity index (χ2n) is 3.91. The Balaban J connectivity index is 0.00000108. The lowest BCUT2D eigenvalue weighted by atomic mass is 10.0. The monoisotopic (exact) mass is 289 g/mol. The van der Waals surface area contributed by atoms with Gasteiger partial charge in [-0.05, 0) is 30.0 Å². The molecular formula is C14H12BrNO. The summed E-state index contributed by atoms with van der Waals surface area (Å²) in [5.74, 6) is 0. The predicted octanol–water partition coefficient (Wildman–Crippen LogP) is 3.63. The van der Waals surface area contributed by atoms with Crippen LogP contribution in [-0.4, -0.2) is 10.5 Å². The molecule has 0 spiro atoms. The van der Waals surface area contributed by atoms with E-state index in [-0.39, 0.29) is 5.48 Å². The standard InChI is InChI=1S/C14H10BrN.H2O/c1-9-12(15)6-7-13-14(9)11-5-3-2-4-10(11)8-16-13;/h2-8H,1H3;1H2. The van der Waals surface area contributed by atoms with Gasteiger partial charge in [0.1, 0.15) is 0 Å². The molecule has 2 N–H and O–H groups in total. The molecule has 0 saturated carbocycles. The average Bonchev–Trinajstić information content (AvgIpc) is 2.33. The third-order valence-corrected chi connectivity index (χ3v) is 3.81. The minimum absolute atomic E-state index is 0. The van der Waals surface area contributed by atoms with E-state index >= 15 is 0 Å². The Bertz CT molecular complexity index is 694. The summed E-state index contributed by atoms with van der Waals surface area (Å²) in [5.41, 5.74) is 2.31. The smallest absolute Gasteiger partial charge is 0.0711 e. The molecule has 0 fully saturated rings. The molecule has 1 heterocycles. The first-order valence-corrected chi connectivity index (χ1v) is 5.99. The molecule has 0 bridgehead atoms. The third kappa shape index (κ3) is 1.81. The maximum absolute atomic E-state index is 4.49. The van der Waals surface area contributed by atoms with Gasteiger partial charge in [-0.15, -0.1) is 0 Å². The minimum Gasteiger partial charge on any atom is -0.412 e. The van der Waals surface area contributed by atoms with Crippen LogP contribution in [0.2, 0.25) is 0 Å². The maximum atomic E-state index is 4.49. The van der Waals surface area contributed by atoms with Gasteiger partial charge in [-0.25, -0.2) is 0 Å². The Morgan fingerprint density at radius 1 is 1.06 bits per heavy atom. The third-order valence-electron chi connectivity index (χ3n) is 2.95. The first kappa shape index (κ1) is 12.0. The molecule has 17 heavy (non-hydrogen) atoms. The average molecular weight is 290 g/mol. The fourth-order valence-electron chi connectivity index (χ4n) is 2.10. The van der Waals surface area contributed by atoms with Crippen molar-refractivity contribution in [3.8, 4) is 0 Å². The van der Waals surface area contributed by atoms with Gasteiger partial charge in [-0.1, -0.05) is 40.2 Å². The Morgan fingerprint density at radius 3 is 2.65 bits per heavy atom. The molecule has 0 unspecified atom stereocenters. The number of halogens is 1. The van der Waals surface area contributed by atoms with Gasteiger partial charge in [-0.2, -0.15) is 0 Å². The molecule has 0 atom stereocenters. The summed E-state index contributed by atoms with van der Waals surface area (Å²) >= 11 is 3.57. The van der Waals surface area contributed by atoms with Crippen molar-refractivity contribution in [2.45, 2.75) is 6.92 Å². The Hall–Kier alpha value is -1.45. The van der Waals surface area contributed by atoms with Gasteiger partial charge in [0.2, 0.25) is 0 Å². The Kier molecular flexibility index (Phi) is 3.13. The number of benzene rings is 2. The molecular weight excluding hydrogens is 278 g/mol. The second-order valence-corrected chi connectivity index (χ2v) is 4.77. The zero-order chi connectivity index (χ0) is 11.1. The highest BCUT2D eigenvalue weighted by Crippen LogP contribution is 2.30. The van der Waals surface area contributed by atoms with Gasteiger partial charge in [0.25, 0.3) is 0 Å². The van der Waals surface area contributed by atoms with Crippen LogP contribution in [0.1, 0.15) is 5.56 Å². The Morgan fingerprint density at radius 2 is 1.82 bits per heavy atom. The van der Waals surface area contributed by atoms with Gasteiger partial charge >= 0.3 is 0 Å². The first-order valence-electron chi connectivity index (χ1n) is 5.20. The van der Waals surface area contributed by atoms with E-state index in [0.717, 1.165) is 9.99 Å². The summed E-state index contributed by atoms with van der Waals surface area (Å²) in [6, 6.07) is 12.5. The van der Waals surface area contributed by atoms with Crippen LogP contribution in [0.3, 0.4) is 0 Å². The van der Waals surface area contributed by atoms with Crippen LogP contribution in [0, 0.1) is 6.92 Å². The van der Waals surface area contributed by atoms with Gasteiger partial charge < -0.3 is 5.48 Å². The van der Waals surface area contributed by atoms with Crippen molar-refractivity contribution in [1.29, 1.82) is 0 Å². The molecule has 0 aliphatic heterocycles. The van der Waals surface area contributed by atoms with Crippen LogP contribution in [0.5, 0.6) is 0 Å². The van der Waals surface area contributed by atoms with Gasteiger partial charge in [0, 0.05) is 21.4 Å². The lowest BCUT2D eigenvalue weighted by Crippen LogP contribution is -1.86. The van der Waals surface area contributed by atoms with E-state index in [0.29, 0.717) is 0 Å². The van der Waals surface area contributed by atoms with Crippen molar-refractivity contribution in [2.24, 2.45) is 0 Å². The van der Waals surface area contributed by atoms with E-state index in [2.05, 4.69) is 58.2 Å². The number of aryl methyl sites for hydroxylation is 1. The van der Waals surface area contributed by atoms with Gasteiger partial charge in [0.05, 0.1) is 5.52 Å². The van der Waals surface area contributed by atoms with E-state index in [4.69, 9.17) is 0 Å². The predicted molar refractivity (Wildman–Crippen MR) is 75.3 cm³/mol. The van der Waals surface area contributed by atoms with E-state index < -0.39 is 0 Å². The largest absolute Gasteiger partial charge is 0.412 e. The molecule has 0 saturated heterocycles. The molecule has 0 radical (unpaired) electrons. The zero-order valence-corrected chi connectivity index (χ0v) is 11.0. The summed E-state index contributed by atoms with van der Waals surface area (Å²) in [6.45, 7) is 2.13.